The summed E-state index contributed by atoms with van der Waals surface area (Å²) in [7, 11) is 0. The van der Waals surface area contributed by atoms with Crippen molar-refractivity contribution in [2.24, 2.45) is 0 Å². The molecule has 0 spiro atoms. The molecule has 2 heterocycles. The number of benzene rings is 1. The summed E-state index contributed by atoms with van der Waals surface area (Å²) in [5.74, 6) is 0.0989. The molecule has 1 fully saturated rings. The molecule has 1 aliphatic heterocycles. The van der Waals surface area contributed by atoms with E-state index < -0.39 is 0 Å². The number of nitrogens with zero attached hydrogens (tertiary/aromatic N) is 3. The van der Waals surface area contributed by atoms with Crippen molar-refractivity contribution in [1.29, 1.82) is 0 Å². The summed E-state index contributed by atoms with van der Waals surface area (Å²) in [6.07, 6.45) is 2.92. The zero-order valence-corrected chi connectivity index (χ0v) is 14.0. The number of hydrogen-bond donors (Lipinski definition) is 1. The van der Waals surface area contributed by atoms with Gasteiger partial charge in [-0.3, -0.25) is 9.69 Å². The van der Waals surface area contributed by atoms with Crippen molar-refractivity contribution in [1.82, 2.24) is 14.4 Å². The van der Waals surface area contributed by atoms with Crippen LogP contribution in [0.4, 0.5) is 0 Å². The second kappa shape index (κ2) is 8.13. The highest BCUT2D eigenvalue weighted by molar-refractivity contribution is 5.92. The Morgan fingerprint density at radius 2 is 1.83 bits per heavy atom. The molecule has 3 rings (SSSR count). The van der Waals surface area contributed by atoms with Crippen LogP contribution in [0.3, 0.4) is 0 Å². The number of aliphatic hydroxyl groups is 1. The van der Waals surface area contributed by atoms with E-state index in [1.807, 2.05) is 46.0 Å². The van der Waals surface area contributed by atoms with Gasteiger partial charge in [-0.2, -0.15) is 0 Å². The third kappa shape index (κ3) is 4.04. The lowest BCUT2D eigenvalue weighted by Crippen LogP contribution is -2.36. The molecule has 1 N–H and O–H groups in total. The average molecular weight is 327 g/mol. The van der Waals surface area contributed by atoms with Gasteiger partial charge >= 0.3 is 0 Å². The summed E-state index contributed by atoms with van der Waals surface area (Å²) in [6, 6.07) is 14.0. The molecule has 0 atom stereocenters. The predicted octanol–water partition coefficient (Wildman–Crippen LogP) is 1.68. The standard InChI is InChI=1S/C19H25N3O2/c23-15-14-20-9-5-11-21(13-12-20)19(24)18-8-4-10-22(18)16-17-6-2-1-3-7-17/h1-4,6-8,10,23H,5,9,11-16H2. The zero-order valence-electron chi connectivity index (χ0n) is 14.0. The highest BCUT2D eigenvalue weighted by Crippen LogP contribution is 2.12. The van der Waals surface area contributed by atoms with E-state index in [0.29, 0.717) is 13.1 Å². The van der Waals surface area contributed by atoms with Crippen LogP contribution in [-0.4, -0.2) is 64.7 Å². The fourth-order valence-corrected chi connectivity index (χ4v) is 3.23. The maximum Gasteiger partial charge on any atom is 0.270 e. The van der Waals surface area contributed by atoms with Gasteiger partial charge in [-0.1, -0.05) is 30.3 Å². The lowest BCUT2D eigenvalue weighted by Gasteiger charge is -2.22. The quantitative estimate of drug-likeness (QED) is 0.909. The molecule has 0 unspecified atom stereocenters. The van der Waals surface area contributed by atoms with Gasteiger partial charge in [0, 0.05) is 38.9 Å². The van der Waals surface area contributed by atoms with Crippen LogP contribution in [0.2, 0.25) is 0 Å². The zero-order chi connectivity index (χ0) is 16.8. The van der Waals surface area contributed by atoms with Crippen molar-refractivity contribution in [3.8, 4) is 0 Å². The van der Waals surface area contributed by atoms with E-state index in [9.17, 15) is 4.79 Å². The summed E-state index contributed by atoms with van der Waals surface area (Å²) in [6.45, 7) is 4.83. The second-order valence-electron chi connectivity index (χ2n) is 6.22. The summed E-state index contributed by atoms with van der Waals surface area (Å²) in [5, 5.41) is 9.09. The van der Waals surface area contributed by atoms with E-state index in [1.54, 1.807) is 0 Å². The monoisotopic (exact) mass is 327 g/mol. The Balaban J connectivity index is 1.68. The van der Waals surface area contributed by atoms with Crippen LogP contribution in [0, 0.1) is 0 Å². The highest BCUT2D eigenvalue weighted by Gasteiger charge is 2.22. The van der Waals surface area contributed by atoms with E-state index in [4.69, 9.17) is 5.11 Å². The number of carbonyl (C=O) groups excluding carboxylic acids is 1. The maximum atomic E-state index is 12.9. The maximum absolute atomic E-state index is 12.9. The highest BCUT2D eigenvalue weighted by atomic mass is 16.3. The molecule has 0 aliphatic carbocycles. The number of amides is 1. The van der Waals surface area contributed by atoms with Crippen molar-refractivity contribution in [3.05, 3.63) is 59.9 Å². The fraction of sp³-hybridized carbons (Fsp3) is 0.421. The van der Waals surface area contributed by atoms with Crippen LogP contribution < -0.4 is 0 Å². The number of carbonyl (C=O) groups is 1. The van der Waals surface area contributed by atoms with Gasteiger partial charge in [0.15, 0.2) is 0 Å². The minimum Gasteiger partial charge on any atom is -0.395 e. The summed E-state index contributed by atoms with van der Waals surface area (Å²) in [4.78, 5) is 17.1. The largest absolute Gasteiger partial charge is 0.395 e. The van der Waals surface area contributed by atoms with Gasteiger partial charge in [-0.05, 0) is 30.7 Å². The van der Waals surface area contributed by atoms with Gasteiger partial charge in [-0.25, -0.2) is 0 Å². The van der Waals surface area contributed by atoms with Gasteiger partial charge < -0.3 is 14.6 Å². The molecule has 0 radical (unpaired) electrons. The van der Waals surface area contributed by atoms with Gasteiger partial charge in [-0.15, -0.1) is 0 Å². The summed E-state index contributed by atoms with van der Waals surface area (Å²) in [5.41, 5.74) is 1.93. The van der Waals surface area contributed by atoms with Gasteiger partial charge in [0.2, 0.25) is 0 Å². The Labute approximate surface area is 143 Å². The molecule has 5 nitrogen and oxygen atoms in total. The van der Waals surface area contributed by atoms with Gasteiger partial charge in [0.05, 0.1) is 6.61 Å². The van der Waals surface area contributed by atoms with Gasteiger partial charge in [0.1, 0.15) is 5.69 Å². The number of rotatable bonds is 5. The number of hydrogen-bond acceptors (Lipinski definition) is 3. The third-order valence-electron chi connectivity index (χ3n) is 4.54. The first-order valence-electron chi connectivity index (χ1n) is 8.59. The minimum atomic E-state index is 0.0989. The van der Waals surface area contributed by atoms with Crippen molar-refractivity contribution >= 4 is 5.91 Å². The Bertz CT molecular complexity index is 654. The average Bonchev–Trinajstić information content (AvgIpc) is 2.93. The first kappa shape index (κ1) is 16.7. The van der Waals surface area contributed by atoms with Crippen molar-refractivity contribution < 1.29 is 9.90 Å². The van der Waals surface area contributed by atoms with Crippen LogP contribution in [0.25, 0.3) is 0 Å². The molecule has 0 bridgehead atoms. The lowest BCUT2D eigenvalue weighted by molar-refractivity contribution is 0.0750. The van der Waals surface area contributed by atoms with Crippen LogP contribution in [0.15, 0.2) is 48.7 Å². The lowest BCUT2D eigenvalue weighted by atomic mass is 10.2. The Hall–Kier alpha value is -2.11. The normalized spacial score (nSPS) is 16.1. The first-order chi connectivity index (χ1) is 11.8. The molecular weight excluding hydrogens is 302 g/mol. The number of aromatic nitrogens is 1. The molecule has 128 valence electrons. The third-order valence-corrected chi connectivity index (χ3v) is 4.54. The number of β-amino-alcohol motifs (C(OH)–C–C–N with tert-alkyl or cyclic N) is 1. The molecular formula is C19H25N3O2. The summed E-state index contributed by atoms with van der Waals surface area (Å²) < 4.78 is 2.02. The molecule has 1 amide bonds. The molecule has 1 aliphatic rings. The topological polar surface area (TPSA) is 48.7 Å². The molecule has 1 aromatic carbocycles. The molecule has 1 aromatic heterocycles. The van der Waals surface area contributed by atoms with Crippen molar-refractivity contribution in [3.63, 3.8) is 0 Å². The SMILES string of the molecule is O=C(c1cccn1Cc1ccccc1)N1CCCN(CCO)CC1. The molecule has 2 aromatic rings. The van der Waals surface area contributed by atoms with E-state index in [1.165, 1.54) is 5.56 Å². The Kier molecular flexibility index (Phi) is 5.67. The van der Waals surface area contributed by atoms with Crippen LogP contribution >= 0.6 is 0 Å². The van der Waals surface area contributed by atoms with E-state index in [2.05, 4.69) is 17.0 Å². The molecule has 1 saturated heterocycles. The fourth-order valence-electron chi connectivity index (χ4n) is 3.23. The number of aliphatic hydroxyl groups excluding tert-OH is 1. The smallest absolute Gasteiger partial charge is 0.270 e. The van der Waals surface area contributed by atoms with E-state index in [-0.39, 0.29) is 12.5 Å². The van der Waals surface area contributed by atoms with Crippen LogP contribution in [0.1, 0.15) is 22.5 Å². The van der Waals surface area contributed by atoms with Crippen LogP contribution in [-0.2, 0) is 6.54 Å². The second-order valence-corrected chi connectivity index (χ2v) is 6.22. The predicted molar refractivity (Wildman–Crippen MR) is 94.0 cm³/mol. The summed E-state index contributed by atoms with van der Waals surface area (Å²) >= 11 is 0. The van der Waals surface area contributed by atoms with Crippen molar-refractivity contribution in [2.75, 3.05) is 39.3 Å². The van der Waals surface area contributed by atoms with Gasteiger partial charge in [0.25, 0.3) is 5.91 Å². The first-order valence-corrected chi connectivity index (χ1v) is 8.59. The Morgan fingerprint density at radius 3 is 2.62 bits per heavy atom. The van der Waals surface area contributed by atoms with Crippen LogP contribution in [0.5, 0.6) is 0 Å². The Morgan fingerprint density at radius 1 is 1.00 bits per heavy atom. The minimum absolute atomic E-state index is 0.0989. The van der Waals surface area contributed by atoms with Crippen molar-refractivity contribution in [2.45, 2.75) is 13.0 Å². The molecule has 24 heavy (non-hydrogen) atoms. The van der Waals surface area contributed by atoms with E-state index in [0.717, 1.165) is 38.3 Å². The molecule has 0 saturated carbocycles. The molecule has 5 heteroatoms. The van der Waals surface area contributed by atoms with E-state index >= 15 is 0 Å².